The Bertz CT molecular complexity index is 1180. The van der Waals surface area contributed by atoms with Gasteiger partial charge in [0, 0.05) is 18.2 Å². The molecule has 1 aliphatic rings. The molecule has 0 saturated heterocycles. The molecule has 0 heterocycles. The molecule has 1 atom stereocenters. The van der Waals surface area contributed by atoms with Crippen molar-refractivity contribution in [2.75, 3.05) is 23.7 Å². The van der Waals surface area contributed by atoms with Gasteiger partial charge in [-0.3, -0.25) is 18.7 Å². The van der Waals surface area contributed by atoms with Gasteiger partial charge in [0.1, 0.15) is 12.6 Å². The lowest BCUT2D eigenvalue weighted by Crippen LogP contribution is -2.53. The van der Waals surface area contributed by atoms with Crippen LogP contribution >= 0.6 is 0 Å². The molecule has 0 aromatic heterocycles. The fourth-order valence-electron chi connectivity index (χ4n) is 4.46. The van der Waals surface area contributed by atoms with Crippen molar-refractivity contribution in [3.05, 3.63) is 65.7 Å². The normalized spacial score (nSPS) is 14.8. The number of hydrogen-bond acceptors (Lipinski definition) is 5. The van der Waals surface area contributed by atoms with Crippen molar-refractivity contribution in [3.8, 4) is 0 Å². The Morgan fingerprint density at radius 1 is 1.03 bits per heavy atom. The first-order chi connectivity index (χ1) is 17.1. The summed E-state index contributed by atoms with van der Waals surface area (Å²) in [7, 11) is -3.85. The number of nitrogens with zero attached hydrogens (tertiary/aromatic N) is 2. The number of rotatable bonds is 11. The average molecular weight is 514 g/mol. The number of Topliss-reactive ketones (excluding diaryl/α,β-unsaturated/α-hetero) is 1. The second-order valence-corrected chi connectivity index (χ2v) is 11.3. The van der Waals surface area contributed by atoms with Gasteiger partial charge in [0.2, 0.25) is 21.8 Å². The van der Waals surface area contributed by atoms with Gasteiger partial charge in [-0.05, 0) is 50.8 Å². The molecular weight excluding hydrogens is 478 g/mol. The predicted molar refractivity (Wildman–Crippen MR) is 140 cm³/mol. The maximum Gasteiger partial charge on any atom is 0.244 e. The number of amides is 2. The lowest BCUT2D eigenvalue weighted by atomic mass is 10.1. The van der Waals surface area contributed by atoms with Crippen LogP contribution < -0.4 is 9.62 Å². The number of carbonyl (C=O) groups excluding carboxylic acids is 3. The molecule has 2 aromatic carbocycles. The number of benzene rings is 2. The molecule has 1 fully saturated rings. The molecule has 2 amide bonds. The van der Waals surface area contributed by atoms with Crippen molar-refractivity contribution < 1.29 is 22.8 Å². The van der Waals surface area contributed by atoms with E-state index in [2.05, 4.69) is 5.32 Å². The third-order valence-corrected chi connectivity index (χ3v) is 7.71. The van der Waals surface area contributed by atoms with Gasteiger partial charge in [-0.15, -0.1) is 0 Å². The van der Waals surface area contributed by atoms with Crippen LogP contribution in [0.3, 0.4) is 0 Å². The summed E-state index contributed by atoms with van der Waals surface area (Å²) < 4.78 is 26.3. The van der Waals surface area contributed by atoms with Gasteiger partial charge in [-0.1, -0.05) is 55.3 Å². The molecule has 1 aliphatic carbocycles. The second kappa shape index (κ2) is 12.2. The SMILES string of the molecule is CC(=O)c1cccc(N(CC(=O)N(CCc2ccccc2)[C@@H](C)C(=O)NC2CCCC2)S(C)(=O)=O)c1. The van der Waals surface area contributed by atoms with Gasteiger partial charge in [0.25, 0.3) is 0 Å². The van der Waals surface area contributed by atoms with E-state index in [1.54, 1.807) is 25.1 Å². The van der Waals surface area contributed by atoms with Crippen LogP contribution in [0.5, 0.6) is 0 Å². The van der Waals surface area contributed by atoms with E-state index in [1.165, 1.54) is 17.9 Å². The summed E-state index contributed by atoms with van der Waals surface area (Å²) in [5.74, 6) is -0.940. The highest BCUT2D eigenvalue weighted by molar-refractivity contribution is 7.92. The van der Waals surface area contributed by atoms with Crippen LogP contribution in [-0.2, 0) is 26.0 Å². The number of nitrogens with one attached hydrogen (secondary N) is 1. The molecule has 8 nitrogen and oxygen atoms in total. The van der Waals surface area contributed by atoms with Gasteiger partial charge in [0.15, 0.2) is 5.78 Å². The summed E-state index contributed by atoms with van der Waals surface area (Å²) in [4.78, 5) is 39.9. The highest BCUT2D eigenvalue weighted by atomic mass is 32.2. The summed E-state index contributed by atoms with van der Waals surface area (Å²) in [5, 5.41) is 3.05. The zero-order valence-electron chi connectivity index (χ0n) is 21.1. The molecule has 36 heavy (non-hydrogen) atoms. The zero-order valence-corrected chi connectivity index (χ0v) is 22.0. The third-order valence-electron chi connectivity index (χ3n) is 6.57. The Morgan fingerprint density at radius 2 is 1.69 bits per heavy atom. The Balaban J connectivity index is 1.85. The van der Waals surface area contributed by atoms with Gasteiger partial charge in [-0.2, -0.15) is 0 Å². The molecule has 194 valence electrons. The first-order valence-corrected chi connectivity index (χ1v) is 14.1. The molecule has 9 heteroatoms. The Hall–Kier alpha value is -3.20. The number of sulfonamides is 1. The first kappa shape index (κ1) is 27.4. The smallest absolute Gasteiger partial charge is 0.244 e. The standard InChI is InChI=1S/C27H35N3O5S/c1-20(27(33)28-24-13-7-8-14-24)29(17-16-22-10-5-4-6-11-22)26(32)19-30(36(3,34)35)25-15-9-12-23(18-25)21(2)31/h4-6,9-12,15,18,20,24H,7-8,13-14,16-17,19H2,1-3H3,(H,28,33)/t20-/m0/s1. The lowest BCUT2D eigenvalue weighted by Gasteiger charge is -2.32. The highest BCUT2D eigenvalue weighted by Crippen LogP contribution is 2.21. The molecule has 0 unspecified atom stereocenters. The van der Waals surface area contributed by atoms with Crippen LogP contribution in [0, 0.1) is 0 Å². The quantitative estimate of drug-likeness (QED) is 0.465. The van der Waals surface area contributed by atoms with Crippen molar-refractivity contribution in [2.45, 2.75) is 58.0 Å². The number of ketones is 1. The highest BCUT2D eigenvalue weighted by Gasteiger charge is 2.31. The van der Waals surface area contributed by atoms with Crippen molar-refractivity contribution in [3.63, 3.8) is 0 Å². The summed E-state index contributed by atoms with van der Waals surface area (Å²) >= 11 is 0. The summed E-state index contributed by atoms with van der Waals surface area (Å²) in [6.45, 7) is 2.85. The van der Waals surface area contributed by atoms with E-state index in [1.807, 2.05) is 30.3 Å². The summed E-state index contributed by atoms with van der Waals surface area (Å²) in [6, 6.07) is 15.1. The minimum Gasteiger partial charge on any atom is -0.352 e. The molecular formula is C27H35N3O5S. The number of anilines is 1. The predicted octanol–water partition coefficient (Wildman–Crippen LogP) is 3.17. The van der Waals surface area contributed by atoms with Gasteiger partial charge in [0.05, 0.1) is 11.9 Å². The molecule has 2 aromatic rings. The van der Waals surface area contributed by atoms with E-state index in [0.29, 0.717) is 12.0 Å². The van der Waals surface area contributed by atoms with Crippen LogP contribution in [0.15, 0.2) is 54.6 Å². The Morgan fingerprint density at radius 3 is 2.31 bits per heavy atom. The minimum atomic E-state index is -3.85. The van der Waals surface area contributed by atoms with E-state index in [9.17, 15) is 22.8 Å². The van der Waals surface area contributed by atoms with Crippen LogP contribution in [-0.4, -0.2) is 62.3 Å². The topological polar surface area (TPSA) is 104 Å². The second-order valence-electron chi connectivity index (χ2n) is 9.36. The molecule has 1 N–H and O–H groups in total. The number of hydrogen-bond donors (Lipinski definition) is 1. The van der Waals surface area contributed by atoms with Crippen molar-refractivity contribution in [1.82, 2.24) is 10.2 Å². The van der Waals surface area contributed by atoms with Gasteiger partial charge >= 0.3 is 0 Å². The average Bonchev–Trinajstić information content (AvgIpc) is 3.35. The molecule has 0 aliphatic heterocycles. The number of carbonyl (C=O) groups is 3. The maximum atomic E-state index is 13.6. The van der Waals surface area contributed by atoms with Crippen LogP contribution in [0.1, 0.15) is 55.5 Å². The van der Waals surface area contributed by atoms with E-state index >= 15 is 0 Å². The van der Waals surface area contributed by atoms with E-state index < -0.39 is 28.5 Å². The summed E-state index contributed by atoms with van der Waals surface area (Å²) in [5.41, 5.74) is 1.58. The monoisotopic (exact) mass is 513 g/mol. The zero-order chi connectivity index (χ0) is 26.3. The summed E-state index contributed by atoms with van der Waals surface area (Å²) in [6.07, 6.45) is 5.52. The molecule has 0 spiro atoms. The van der Waals surface area contributed by atoms with Crippen LogP contribution in [0.25, 0.3) is 0 Å². The van der Waals surface area contributed by atoms with Crippen molar-refractivity contribution in [1.29, 1.82) is 0 Å². The molecule has 0 bridgehead atoms. The van der Waals surface area contributed by atoms with E-state index in [4.69, 9.17) is 0 Å². The fraction of sp³-hybridized carbons (Fsp3) is 0.444. The van der Waals surface area contributed by atoms with Crippen LogP contribution in [0.4, 0.5) is 5.69 Å². The van der Waals surface area contributed by atoms with Crippen molar-refractivity contribution >= 4 is 33.3 Å². The fourth-order valence-corrected chi connectivity index (χ4v) is 5.30. The van der Waals surface area contributed by atoms with Gasteiger partial charge < -0.3 is 10.2 Å². The third kappa shape index (κ3) is 7.40. The van der Waals surface area contributed by atoms with E-state index in [0.717, 1.165) is 41.8 Å². The largest absolute Gasteiger partial charge is 0.352 e. The van der Waals surface area contributed by atoms with Crippen molar-refractivity contribution in [2.24, 2.45) is 0 Å². The Kier molecular flexibility index (Phi) is 9.25. The minimum absolute atomic E-state index is 0.105. The van der Waals surface area contributed by atoms with Crippen LogP contribution in [0.2, 0.25) is 0 Å². The maximum absolute atomic E-state index is 13.6. The molecule has 0 radical (unpaired) electrons. The van der Waals surface area contributed by atoms with E-state index in [-0.39, 0.29) is 30.0 Å². The first-order valence-electron chi connectivity index (χ1n) is 12.3. The molecule has 1 saturated carbocycles. The molecule has 3 rings (SSSR count). The van der Waals surface area contributed by atoms with Gasteiger partial charge in [-0.25, -0.2) is 8.42 Å². The lowest BCUT2D eigenvalue weighted by molar-refractivity contribution is -0.139. The Labute approximate surface area is 213 Å².